The summed E-state index contributed by atoms with van der Waals surface area (Å²) in [4.78, 5) is 0. The minimum absolute atomic E-state index is 0.0960. The van der Waals surface area contributed by atoms with Crippen molar-refractivity contribution in [3.05, 3.63) is 42.0 Å². The molecule has 9 nitrogen and oxygen atoms in total. The van der Waals surface area contributed by atoms with Crippen LogP contribution in [0.4, 0.5) is 0 Å². The minimum atomic E-state index is -1.46. The van der Waals surface area contributed by atoms with E-state index in [0.29, 0.717) is 29.1 Å². The summed E-state index contributed by atoms with van der Waals surface area (Å²) in [5.74, 6) is 1.21. The highest BCUT2D eigenvalue weighted by atomic mass is 16.7. The van der Waals surface area contributed by atoms with Gasteiger partial charge in [0.1, 0.15) is 52.5 Å². The van der Waals surface area contributed by atoms with Gasteiger partial charge in [-0.05, 0) is 43.7 Å². The van der Waals surface area contributed by atoms with E-state index in [-0.39, 0.29) is 18.1 Å². The van der Waals surface area contributed by atoms with Crippen molar-refractivity contribution < 1.29 is 44.2 Å². The number of phenols is 1. The number of benzene rings is 2. The monoisotopic (exact) mass is 458 g/mol. The lowest BCUT2D eigenvalue weighted by Crippen LogP contribution is -2.54. The summed E-state index contributed by atoms with van der Waals surface area (Å²) in [7, 11) is 0. The number of aromatic hydroxyl groups is 1. The number of furan rings is 1. The maximum atomic E-state index is 10.3. The molecule has 3 heterocycles. The fourth-order valence-electron chi connectivity index (χ4n) is 4.13. The molecule has 5 atom stereocenters. The molecule has 0 bridgehead atoms. The van der Waals surface area contributed by atoms with Crippen LogP contribution in [0.2, 0.25) is 0 Å². The molecule has 0 aliphatic carbocycles. The van der Waals surface area contributed by atoms with Gasteiger partial charge in [0.05, 0.1) is 12.7 Å². The van der Waals surface area contributed by atoms with E-state index in [4.69, 9.17) is 18.6 Å². The average Bonchev–Trinajstić information content (AvgIpc) is 3.16. The maximum Gasteiger partial charge on any atom is 0.228 e. The standard InChI is InChI=1S/C24H26O9/c1-24(2)20(27)7-12-3-11-6-17(32-18(11)9-19(12)33-24)13-4-14(25)8-15(5-13)31-23-22(29)21(28)16(26)10-30-23/h3-6,8-9,16,20-23,25-29H,7,10H2,1-2H3/t16-,20+,21+,22-,23+/m1/s1. The van der Waals surface area contributed by atoms with Gasteiger partial charge >= 0.3 is 0 Å². The van der Waals surface area contributed by atoms with Crippen molar-refractivity contribution in [2.45, 2.75) is 56.6 Å². The van der Waals surface area contributed by atoms with Gasteiger partial charge in [0, 0.05) is 29.5 Å². The van der Waals surface area contributed by atoms with Gasteiger partial charge in [0.2, 0.25) is 6.29 Å². The predicted molar refractivity (Wildman–Crippen MR) is 116 cm³/mol. The molecule has 5 rings (SSSR count). The number of ether oxygens (including phenoxy) is 3. The highest BCUT2D eigenvalue weighted by Crippen LogP contribution is 2.39. The number of aliphatic hydroxyl groups excluding tert-OH is 4. The van der Waals surface area contributed by atoms with E-state index in [1.54, 1.807) is 12.1 Å². The Labute approximate surface area is 189 Å². The smallest absolute Gasteiger partial charge is 0.228 e. The van der Waals surface area contributed by atoms with E-state index >= 15 is 0 Å². The van der Waals surface area contributed by atoms with Crippen molar-refractivity contribution >= 4 is 11.0 Å². The third-order valence-electron chi connectivity index (χ3n) is 6.17. The summed E-state index contributed by atoms with van der Waals surface area (Å²) >= 11 is 0. The molecule has 0 radical (unpaired) electrons. The molecular formula is C24H26O9. The van der Waals surface area contributed by atoms with Crippen LogP contribution in [0.15, 0.2) is 40.8 Å². The van der Waals surface area contributed by atoms with Gasteiger partial charge in [-0.25, -0.2) is 0 Å². The molecule has 1 fully saturated rings. The van der Waals surface area contributed by atoms with Crippen LogP contribution in [0, 0.1) is 0 Å². The molecule has 2 aliphatic heterocycles. The summed E-state index contributed by atoms with van der Waals surface area (Å²) in [6.45, 7) is 3.47. The van der Waals surface area contributed by atoms with E-state index in [1.807, 2.05) is 26.0 Å². The second kappa shape index (κ2) is 7.89. The second-order valence-corrected chi connectivity index (χ2v) is 9.12. The molecule has 0 saturated carbocycles. The number of phenolic OH excluding ortho intramolecular Hbond substituents is 1. The van der Waals surface area contributed by atoms with Gasteiger partial charge in [-0.3, -0.25) is 0 Å². The molecule has 2 aliphatic rings. The largest absolute Gasteiger partial charge is 0.508 e. The lowest BCUT2D eigenvalue weighted by atomic mass is 9.90. The van der Waals surface area contributed by atoms with Crippen LogP contribution in [0.25, 0.3) is 22.3 Å². The predicted octanol–water partition coefficient (Wildman–Crippen LogP) is 1.70. The summed E-state index contributed by atoms with van der Waals surface area (Å²) in [5, 5.41) is 50.9. The number of hydrogen-bond donors (Lipinski definition) is 5. The molecule has 5 N–H and O–H groups in total. The molecule has 0 unspecified atom stereocenters. The van der Waals surface area contributed by atoms with Crippen LogP contribution in [0.1, 0.15) is 19.4 Å². The third kappa shape index (κ3) is 4.03. The van der Waals surface area contributed by atoms with Crippen molar-refractivity contribution in [2.24, 2.45) is 0 Å². The van der Waals surface area contributed by atoms with Crippen LogP contribution in [0.3, 0.4) is 0 Å². The van der Waals surface area contributed by atoms with Gasteiger partial charge in [-0.15, -0.1) is 0 Å². The summed E-state index contributed by atoms with van der Waals surface area (Å²) in [5.41, 5.74) is 1.28. The Bertz CT molecular complexity index is 1180. The fraction of sp³-hybridized carbons (Fsp3) is 0.417. The average molecular weight is 458 g/mol. The van der Waals surface area contributed by atoms with Crippen molar-refractivity contribution in [1.82, 2.24) is 0 Å². The van der Waals surface area contributed by atoms with E-state index in [9.17, 15) is 25.5 Å². The summed E-state index contributed by atoms with van der Waals surface area (Å²) < 4.78 is 22.9. The Kier molecular flexibility index (Phi) is 5.26. The van der Waals surface area contributed by atoms with Gasteiger partial charge in [0.15, 0.2) is 0 Å². The van der Waals surface area contributed by atoms with Crippen LogP contribution in [-0.2, 0) is 11.2 Å². The summed E-state index contributed by atoms with van der Waals surface area (Å²) in [6.07, 6.45) is -5.46. The van der Waals surface area contributed by atoms with Crippen LogP contribution < -0.4 is 9.47 Å². The molecule has 9 heteroatoms. The zero-order chi connectivity index (χ0) is 23.5. The van der Waals surface area contributed by atoms with E-state index in [1.165, 1.54) is 12.1 Å². The zero-order valence-electron chi connectivity index (χ0n) is 18.1. The Hall–Kier alpha value is -2.82. The molecule has 2 aromatic carbocycles. The molecule has 1 saturated heterocycles. The second-order valence-electron chi connectivity index (χ2n) is 9.12. The molecular weight excluding hydrogens is 432 g/mol. The van der Waals surface area contributed by atoms with Gasteiger partial charge in [0.25, 0.3) is 0 Å². The van der Waals surface area contributed by atoms with E-state index < -0.39 is 36.3 Å². The van der Waals surface area contributed by atoms with Crippen molar-refractivity contribution in [1.29, 1.82) is 0 Å². The number of aliphatic hydroxyl groups is 4. The van der Waals surface area contributed by atoms with Gasteiger partial charge in [-0.2, -0.15) is 0 Å². The van der Waals surface area contributed by atoms with Gasteiger partial charge < -0.3 is 44.2 Å². The molecule has 0 spiro atoms. The number of hydrogen-bond acceptors (Lipinski definition) is 9. The van der Waals surface area contributed by atoms with Crippen molar-refractivity contribution in [3.63, 3.8) is 0 Å². The Morgan fingerprint density at radius 1 is 0.970 bits per heavy atom. The quantitative estimate of drug-likeness (QED) is 0.396. The number of fused-ring (bicyclic) bond motifs is 2. The SMILES string of the molecule is CC1(C)Oc2cc3oc(-c4cc(O)cc(O[C@@H]5OC[C@@H](O)[C@H](O)[C@H]5O)c4)cc3cc2C[C@@H]1O. The first-order valence-electron chi connectivity index (χ1n) is 10.7. The normalized spacial score (nSPS) is 28.8. The first-order valence-corrected chi connectivity index (χ1v) is 10.7. The molecule has 3 aromatic rings. The zero-order valence-corrected chi connectivity index (χ0v) is 18.1. The van der Waals surface area contributed by atoms with Crippen LogP contribution in [0.5, 0.6) is 17.2 Å². The highest BCUT2D eigenvalue weighted by molar-refractivity contribution is 5.85. The minimum Gasteiger partial charge on any atom is -0.508 e. The van der Waals surface area contributed by atoms with Crippen molar-refractivity contribution in [2.75, 3.05) is 6.61 Å². The van der Waals surface area contributed by atoms with Crippen LogP contribution in [-0.4, -0.2) is 68.4 Å². The first-order chi connectivity index (χ1) is 15.6. The lowest BCUT2D eigenvalue weighted by Gasteiger charge is -2.36. The first kappa shape index (κ1) is 22.0. The Morgan fingerprint density at radius 2 is 1.76 bits per heavy atom. The van der Waals surface area contributed by atoms with E-state index in [0.717, 1.165) is 10.9 Å². The lowest BCUT2D eigenvalue weighted by molar-refractivity contribution is -0.242. The molecule has 33 heavy (non-hydrogen) atoms. The van der Waals surface area contributed by atoms with Crippen molar-refractivity contribution in [3.8, 4) is 28.6 Å². The summed E-state index contributed by atoms with van der Waals surface area (Å²) in [6, 6.07) is 9.97. The Morgan fingerprint density at radius 3 is 2.55 bits per heavy atom. The molecule has 0 amide bonds. The molecule has 176 valence electrons. The maximum absolute atomic E-state index is 10.3. The van der Waals surface area contributed by atoms with Crippen LogP contribution >= 0.6 is 0 Å². The topological polar surface area (TPSA) is 142 Å². The highest BCUT2D eigenvalue weighted by Gasteiger charge is 2.39. The Balaban J connectivity index is 1.45. The molecule has 1 aromatic heterocycles. The fourth-order valence-corrected chi connectivity index (χ4v) is 4.13. The number of rotatable bonds is 3. The van der Waals surface area contributed by atoms with E-state index in [2.05, 4.69) is 0 Å². The third-order valence-corrected chi connectivity index (χ3v) is 6.17. The van der Waals surface area contributed by atoms with Gasteiger partial charge in [-0.1, -0.05) is 0 Å².